The molecule has 0 aromatic heterocycles. The molecule has 0 spiro atoms. The molecule has 0 aliphatic rings. The van der Waals surface area contributed by atoms with E-state index in [9.17, 15) is 0 Å². The van der Waals surface area contributed by atoms with Gasteiger partial charge in [0.25, 0.3) is 0 Å². The van der Waals surface area contributed by atoms with E-state index in [1.807, 2.05) is 12.1 Å². The summed E-state index contributed by atoms with van der Waals surface area (Å²) in [6, 6.07) is 8.56. The van der Waals surface area contributed by atoms with Gasteiger partial charge in [-0.15, -0.1) is 0 Å². The lowest BCUT2D eigenvalue weighted by molar-refractivity contribution is 0.388. The van der Waals surface area contributed by atoms with Crippen LogP contribution in [0.3, 0.4) is 0 Å². The number of rotatable bonds is 7. The van der Waals surface area contributed by atoms with Gasteiger partial charge in [0.1, 0.15) is 5.75 Å². The Morgan fingerprint density at radius 2 is 1.72 bits per heavy atom. The predicted molar refractivity (Wildman–Crippen MR) is 78.3 cm³/mol. The fraction of sp³-hybridized carbons (Fsp3) is 0.600. The SMILES string of the molecule is CCC(CC)C(CN)N(C)c1ccc(OC)cc1. The van der Waals surface area contributed by atoms with Gasteiger partial charge in [-0.25, -0.2) is 0 Å². The van der Waals surface area contributed by atoms with Crippen LogP contribution < -0.4 is 15.4 Å². The Morgan fingerprint density at radius 1 is 1.17 bits per heavy atom. The van der Waals surface area contributed by atoms with Gasteiger partial charge in [-0.2, -0.15) is 0 Å². The van der Waals surface area contributed by atoms with Crippen LogP contribution in [0.15, 0.2) is 24.3 Å². The molecule has 0 fully saturated rings. The first-order valence-electron chi connectivity index (χ1n) is 6.74. The van der Waals surface area contributed by atoms with Crippen LogP contribution in [0, 0.1) is 5.92 Å². The van der Waals surface area contributed by atoms with E-state index in [4.69, 9.17) is 10.5 Å². The molecule has 18 heavy (non-hydrogen) atoms. The van der Waals surface area contributed by atoms with E-state index in [0.717, 1.165) is 5.75 Å². The van der Waals surface area contributed by atoms with Gasteiger partial charge in [0.15, 0.2) is 0 Å². The van der Waals surface area contributed by atoms with Gasteiger partial charge in [0, 0.05) is 25.3 Å². The Labute approximate surface area is 111 Å². The van der Waals surface area contributed by atoms with Crippen molar-refractivity contribution >= 4 is 5.69 Å². The highest BCUT2D eigenvalue weighted by Gasteiger charge is 2.21. The van der Waals surface area contributed by atoms with Crippen molar-refractivity contribution in [3.63, 3.8) is 0 Å². The topological polar surface area (TPSA) is 38.5 Å². The summed E-state index contributed by atoms with van der Waals surface area (Å²) in [5, 5.41) is 0. The smallest absolute Gasteiger partial charge is 0.119 e. The molecule has 1 aromatic carbocycles. The van der Waals surface area contributed by atoms with Crippen LogP contribution in [0.5, 0.6) is 5.75 Å². The van der Waals surface area contributed by atoms with Crippen molar-refractivity contribution in [2.45, 2.75) is 32.7 Å². The molecule has 3 nitrogen and oxygen atoms in total. The number of hydrogen-bond acceptors (Lipinski definition) is 3. The summed E-state index contributed by atoms with van der Waals surface area (Å²) in [5.74, 6) is 1.53. The molecule has 0 saturated heterocycles. The van der Waals surface area contributed by atoms with Crippen molar-refractivity contribution in [1.29, 1.82) is 0 Å². The average Bonchev–Trinajstić information content (AvgIpc) is 2.44. The minimum atomic E-state index is 0.397. The normalized spacial score (nSPS) is 12.6. The Hall–Kier alpha value is -1.22. The van der Waals surface area contributed by atoms with Crippen molar-refractivity contribution in [3.05, 3.63) is 24.3 Å². The van der Waals surface area contributed by atoms with Crippen LogP contribution in [0.1, 0.15) is 26.7 Å². The second kappa shape index (κ2) is 7.27. The molecule has 0 saturated carbocycles. The van der Waals surface area contributed by atoms with Crippen LogP contribution >= 0.6 is 0 Å². The molecule has 2 N–H and O–H groups in total. The van der Waals surface area contributed by atoms with Crippen LogP contribution in [-0.2, 0) is 0 Å². The highest BCUT2D eigenvalue weighted by Crippen LogP contribution is 2.24. The maximum absolute atomic E-state index is 5.95. The van der Waals surface area contributed by atoms with E-state index in [2.05, 4.69) is 37.9 Å². The first-order chi connectivity index (χ1) is 8.67. The third-order valence-corrected chi connectivity index (χ3v) is 3.81. The second-order valence-electron chi connectivity index (χ2n) is 4.69. The van der Waals surface area contributed by atoms with Gasteiger partial charge in [0.2, 0.25) is 0 Å². The maximum Gasteiger partial charge on any atom is 0.119 e. The summed E-state index contributed by atoms with van der Waals surface area (Å²) >= 11 is 0. The minimum Gasteiger partial charge on any atom is -0.497 e. The van der Waals surface area contributed by atoms with Gasteiger partial charge in [-0.1, -0.05) is 26.7 Å². The molecule has 1 atom stereocenters. The number of benzene rings is 1. The van der Waals surface area contributed by atoms with Gasteiger partial charge in [0.05, 0.1) is 7.11 Å². The van der Waals surface area contributed by atoms with Crippen molar-refractivity contribution in [2.24, 2.45) is 11.7 Å². The van der Waals surface area contributed by atoms with Crippen LogP contribution in [-0.4, -0.2) is 26.7 Å². The quantitative estimate of drug-likeness (QED) is 0.808. The van der Waals surface area contributed by atoms with Gasteiger partial charge in [-0.3, -0.25) is 0 Å². The fourth-order valence-electron chi connectivity index (χ4n) is 2.51. The molecule has 102 valence electrons. The molecule has 3 heteroatoms. The number of anilines is 1. The standard InChI is InChI=1S/C15H26N2O/c1-5-12(6-2)15(11-16)17(3)13-7-9-14(18-4)10-8-13/h7-10,12,15H,5-6,11,16H2,1-4H3. The number of hydrogen-bond donors (Lipinski definition) is 1. The molecular weight excluding hydrogens is 224 g/mol. The third kappa shape index (κ3) is 3.39. The van der Waals surface area contributed by atoms with Crippen LogP contribution in [0.25, 0.3) is 0 Å². The Kier molecular flexibility index (Phi) is 5.99. The van der Waals surface area contributed by atoms with E-state index in [1.165, 1.54) is 18.5 Å². The zero-order chi connectivity index (χ0) is 13.5. The average molecular weight is 250 g/mol. The van der Waals surface area contributed by atoms with E-state index in [1.54, 1.807) is 7.11 Å². The van der Waals surface area contributed by atoms with Crippen molar-refractivity contribution < 1.29 is 4.74 Å². The third-order valence-electron chi connectivity index (χ3n) is 3.81. The number of likely N-dealkylation sites (N-methyl/N-ethyl adjacent to an activating group) is 1. The van der Waals surface area contributed by atoms with E-state index >= 15 is 0 Å². The van der Waals surface area contributed by atoms with Crippen LogP contribution in [0.2, 0.25) is 0 Å². The summed E-state index contributed by atoms with van der Waals surface area (Å²) in [4.78, 5) is 2.29. The summed E-state index contributed by atoms with van der Waals surface area (Å²) < 4.78 is 5.18. The molecule has 1 aromatic rings. The minimum absolute atomic E-state index is 0.397. The Balaban J connectivity index is 2.84. The van der Waals surface area contributed by atoms with E-state index in [-0.39, 0.29) is 0 Å². The molecule has 0 amide bonds. The number of ether oxygens (including phenoxy) is 1. The molecule has 1 rings (SSSR count). The van der Waals surface area contributed by atoms with Gasteiger partial charge < -0.3 is 15.4 Å². The van der Waals surface area contributed by atoms with Gasteiger partial charge >= 0.3 is 0 Å². The van der Waals surface area contributed by atoms with E-state index < -0.39 is 0 Å². The number of methoxy groups -OCH3 is 1. The lowest BCUT2D eigenvalue weighted by Gasteiger charge is -2.34. The Morgan fingerprint density at radius 3 is 2.11 bits per heavy atom. The highest BCUT2D eigenvalue weighted by atomic mass is 16.5. The molecule has 0 bridgehead atoms. The monoisotopic (exact) mass is 250 g/mol. The number of nitrogens with zero attached hydrogens (tertiary/aromatic N) is 1. The van der Waals surface area contributed by atoms with Crippen molar-refractivity contribution in [3.8, 4) is 5.75 Å². The fourth-order valence-corrected chi connectivity index (χ4v) is 2.51. The van der Waals surface area contributed by atoms with Crippen LogP contribution in [0.4, 0.5) is 5.69 Å². The molecule has 0 heterocycles. The second-order valence-corrected chi connectivity index (χ2v) is 4.69. The predicted octanol–water partition coefficient (Wildman–Crippen LogP) is 2.89. The highest BCUT2D eigenvalue weighted by molar-refractivity contribution is 5.49. The first kappa shape index (κ1) is 14.8. The summed E-state index contributed by atoms with van der Waals surface area (Å²) in [5.41, 5.74) is 7.15. The molecule has 1 unspecified atom stereocenters. The summed E-state index contributed by atoms with van der Waals surface area (Å²) in [6.45, 7) is 5.16. The molecule has 0 aliphatic heterocycles. The van der Waals surface area contributed by atoms with Crippen molar-refractivity contribution in [1.82, 2.24) is 0 Å². The summed E-state index contributed by atoms with van der Waals surface area (Å²) in [7, 11) is 3.81. The Bertz CT molecular complexity index is 333. The lowest BCUT2D eigenvalue weighted by Crippen LogP contribution is -2.43. The largest absolute Gasteiger partial charge is 0.497 e. The number of nitrogens with two attached hydrogens (primary N) is 1. The van der Waals surface area contributed by atoms with Crippen molar-refractivity contribution in [2.75, 3.05) is 25.6 Å². The van der Waals surface area contributed by atoms with E-state index in [0.29, 0.717) is 18.5 Å². The zero-order valence-electron chi connectivity index (χ0n) is 12.0. The maximum atomic E-state index is 5.95. The molecule has 0 radical (unpaired) electrons. The zero-order valence-corrected chi connectivity index (χ0v) is 12.0. The first-order valence-corrected chi connectivity index (χ1v) is 6.74. The van der Waals surface area contributed by atoms with Gasteiger partial charge in [-0.05, 0) is 30.2 Å². The summed E-state index contributed by atoms with van der Waals surface area (Å²) in [6.07, 6.45) is 2.33. The lowest BCUT2D eigenvalue weighted by atomic mass is 9.93. The molecular formula is C15H26N2O. The molecule has 0 aliphatic carbocycles.